The average Bonchev–Trinajstić information content (AvgIpc) is 2.29. The first-order valence-electron chi connectivity index (χ1n) is 6.23. The molecule has 5 N–H and O–H groups in total. The van der Waals surface area contributed by atoms with Gasteiger partial charge in [0.1, 0.15) is 12.1 Å². The van der Waals surface area contributed by atoms with Gasteiger partial charge in [-0.25, -0.2) is 4.79 Å². The molecule has 0 aliphatic carbocycles. The van der Waals surface area contributed by atoms with Gasteiger partial charge in [0.2, 0.25) is 17.7 Å². The van der Waals surface area contributed by atoms with E-state index < -0.39 is 29.9 Å². The molecule has 0 aromatic heterocycles. The number of carbonyl (C=O) groups excluding carboxylic acids is 3. The van der Waals surface area contributed by atoms with Crippen molar-refractivity contribution in [1.82, 2.24) is 10.6 Å². The van der Waals surface area contributed by atoms with Crippen LogP contribution in [0.1, 0.15) is 33.6 Å². The molecule has 0 saturated heterocycles. The first-order valence-corrected chi connectivity index (χ1v) is 6.23. The molecular formula is C12H21N3O5. The Morgan fingerprint density at radius 3 is 2.05 bits per heavy atom. The summed E-state index contributed by atoms with van der Waals surface area (Å²) in [5.41, 5.74) is 4.94. The van der Waals surface area contributed by atoms with E-state index in [0.29, 0.717) is 0 Å². The van der Waals surface area contributed by atoms with E-state index in [0.717, 1.165) is 0 Å². The highest BCUT2D eigenvalue weighted by molar-refractivity contribution is 5.90. The number of hydrogen-bond acceptors (Lipinski definition) is 4. The number of aliphatic carboxylic acids is 1. The Balaban J connectivity index is 4.74. The molecule has 0 aliphatic heterocycles. The molecule has 0 heterocycles. The second kappa shape index (κ2) is 8.13. The van der Waals surface area contributed by atoms with E-state index in [-0.39, 0.29) is 24.7 Å². The third-order valence-electron chi connectivity index (χ3n) is 2.60. The van der Waals surface area contributed by atoms with E-state index >= 15 is 0 Å². The van der Waals surface area contributed by atoms with Crippen LogP contribution >= 0.6 is 0 Å². The van der Waals surface area contributed by atoms with Gasteiger partial charge in [0, 0.05) is 13.3 Å². The van der Waals surface area contributed by atoms with Crippen LogP contribution in [0.4, 0.5) is 0 Å². The zero-order chi connectivity index (χ0) is 15.9. The lowest BCUT2D eigenvalue weighted by atomic mass is 10.0. The zero-order valence-electron chi connectivity index (χ0n) is 11.8. The predicted octanol–water partition coefficient (Wildman–Crippen LogP) is -1.02. The second-order valence-corrected chi connectivity index (χ2v) is 4.83. The van der Waals surface area contributed by atoms with Gasteiger partial charge in [0.05, 0.1) is 0 Å². The summed E-state index contributed by atoms with van der Waals surface area (Å²) in [5, 5.41) is 13.7. The van der Waals surface area contributed by atoms with Crippen molar-refractivity contribution in [3.8, 4) is 0 Å². The number of carboxylic acid groups (broad SMARTS) is 1. The van der Waals surface area contributed by atoms with Crippen LogP contribution in [0, 0.1) is 5.92 Å². The minimum absolute atomic E-state index is 0.0959. The summed E-state index contributed by atoms with van der Waals surface area (Å²) in [6.45, 7) is 4.71. The van der Waals surface area contributed by atoms with Crippen LogP contribution in [0.25, 0.3) is 0 Å². The molecule has 0 aromatic carbocycles. The molecule has 0 radical (unpaired) electrons. The van der Waals surface area contributed by atoms with Crippen molar-refractivity contribution in [3.63, 3.8) is 0 Å². The topological polar surface area (TPSA) is 139 Å². The van der Waals surface area contributed by atoms with Crippen LogP contribution in [0.15, 0.2) is 0 Å². The fraction of sp³-hybridized carbons (Fsp3) is 0.667. The number of carboxylic acids is 1. The van der Waals surface area contributed by atoms with Gasteiger partial charge in [0.25, 0.3) is 0 Å². The van der Waals surface area contributed by atoms with E-state index in [2.05, 4.69) is 10.6 Å². The summed E-state index contributed by atoms with van der Waals surface area (Å²) < 4.78 is 0. The molecule has 0 spiro atoms. The van der Waals surface area contributed by atoms with E-state index in [1.807, 2.05) is 0 Å². The van der Waals surface area contributed by atoms with Crippen molar-refractivity contribution in [2.24, 2.45) is 11.7 Å². The average molecular weight is 287 g/mol. The summed E-state index contributed by atoms with van der Waals surface area (Å²) in [6.07, 6.45) is -0.245. The summed E-state index contributed by atoms with van der Waals surface area (Å²) in [4.78, 5) is 44.7. The molecule has 1 unspecified atom stereocenters. The second-order valence-electron chi connectivity index (χ2n) is 4.83. The fourth-order valence-corrected chi connectivity index (χ4v) is 1.56. The molecular weight excluding hydrogens is 266 g/mol. The van der Waals surface area contributed by atoms with Crippen molar-refractivity contribution < 1.29 is 24.3 Å². The SMILES string of the molecule is CC(=O)NC(C(=O)N[C@H](CCC(N)=O)C(=O)O)C(C)C. The molecule has 20 heavy (non-hydrogen) atoms. The van der Waals surface area contributed by atoms with Crippen molar-refractivity contribution in [3.05, 3.63) is 0 Å². The zero-order valence-corrected chi connectivity index (χ0v) is 11.8. The van der Waals surface area contributed by atoms with Crippen LogP contribution in [0.5, 0.6) is 0 Å². The molecule has 8 nitrogen and oxygen atoms in total. The normalized spacial score (nSPS) is 13.4. The van der Waals surface area contributed by atoms with Crippen molar-refractivity contribution in [2.75, 3.05) is 0 Å². The number of nitrogens with one attached hydrogen (secondary N) is 2. The predicted molar refractivity (Wildman–Crippen MR) is 70.4 cm³/mol. The first-order chi connectivity index (χ1) is 9.15. The maximum Gasteiger partial charge on any atom is 0.326 e. The van der Waals surface area contributed by atoms with E-state index in [1.165, 1.54) is 6.92 Å². The highest BCUT2D eigenvalue weighted by atomic mass is 16.4. The van der Waals surface area contributed by atoms with Gasteiger partial charge < -0.3 is 21.5 Å². The Hall–Kier alpha value is -2.12. The number of rotatable bonds is 8. The molecule has 2 atom stereocenters. The molecule has 8 heteroatoms. The van der Waals surface area contributed by atoms with E-state index in [9.17, 15) is 19.2 Å². The van der Waals surface area contributed by atoms with Gasteiger partial charge in [-0.2, -0.15) is 0 Å². The van der Waals surface area contributed by atoms with Gasteiger partial charge in [0.15, 0.2) is 0 Å². The molecule has 0 bridgehead atoms. The van der Waals surface area contributed by atoms with Crippen molar-refractivity contribution >= 4 is 23.7 Å². The lowest BCUT2D eigenvalue weighted by Gasteiger charge is -2.23. The Morgan fingerprint density at radius 2 is 1.70 bits per heavy atom. The van der Waals surface area contributed by atoms with Gasteiger partial charge in [-0.05, 0) is 12.3 Å². The van der Waals surface area contributed by atoms with Crippen LogP contribution in [-0.2, 0) is 19.2 Å². The maximum absolute atomic E-state index is 12.0. The Kier molecular flexibility index (Phi) is 7.27. The summed E-state index contributed by atoms with van der Waals surface area (Å²) in [6, 6.07) is -2.05. The van der Waals surface area contributed by atoms with Crippen LogP contribution in [-0.4, -0.2) is 40.9 Å². The van der Waals surface area contributed by atoms with Gasteiger partial charge in [-0.15, -0.1) is 0 Å². The third kappa shape index (κ3) is 6.72. The number of primary amides is 1. The monoisotopic (exact) mass is 287 g/mol. The lowest BCUT2D eigenvalue weighted by molar-refractivity contribution is -0.142. The van der Waals surface area contributed by atoms with Crippen LogP contribution in [0.3, 0.4) is 0 Å². The third-order valence-corrected chi connectivity index (χ3v) is 2.60. The number of amides is 3. The quantitative estimate of drug-likeness (QED) is 0.452. The van der Waals surface area contributed by atoms with Crippen LogP contribution in [0.2, 0.25) is 0 Å². The standard InChI is InChI=1S/C12H21N3O5/c1-6(2)10(14-7(3)16)11(18)15-8(12(19)20)4-5-9(13)17/h6,8,10H,4-5H2,1-3H3,(H2,13,17)(H,14,16)(H,15,18)(H,19,20)/t8-,10?/m1/s1. The molecule has 0 rings (SSSR count). The van der Waals surface area contributed by atoms with E-state index in [1.54, 1.807) is 13.8 Å². The number of nitrogens with two attached hydrogens (primary N) is 1. The molecule has 3 amide bonds. The molecule has 114 valence electrons. The maximum atomic E-state index is 12.0. The first kappa shape index (κ1) is 17.9. The minimum Gasteiger partial charge on any atom is -0.480 e. The summed E-state index contributed by atoms with van der Waals surface area (Å²) >= 11 is 0. The van der Waals surface area contributed by atoms with Gasteiger partial charge in [-0.3, -0.25) is 14.4 Å². The summed E-state index contributed by atoms with van der Waals surface area (Å²) in [5.74, 6) is -3.10. The minimum atomic E-state index is -1.26. The lowest BCUT2D eigenvalue weighted by Crippen LogP contribution is -2.53. The highest BCUT2D eigenvalue weighted by Gasteiger charge is 2.27. The molecule has 0 aliphatic rings. The highest BCUT2D eigenvalue weighted by Crippen LogP contribution is 2.04. The van der Waals surface area contributed by atoms with E-state index in [4.69, 9.17) is 10.8 Å². The van der Waals surface area contributed by atoms with Gasteiger partial charge in [-0.1, -0.05) is 13.8 Å². The Labute approximate surface area is 117 Å². The molecule has 0 fully saturated rings. The van der Waals surface area contributed by atoms with Crippen LogP contribution < -0.4 is 16.4 Å². The fourth-order valence-electron chi connectivity index (χ4n) is 1.56. The van der Waals surface area contributed by atoms with Crippen molar-refractivity contribution in [2.45, 2.75) is 45.7 Å². The Morgan fingerprint density at radius 1 is 1.15 bits per heavy atom. The molecule has 0 saturated carbocycles. The van der Waals surface area contributed by atoms with Gasteiger partial charge >= 0.3 is 5.97 Å². The number of carbonyl (C=O) groups is 4. The molecule has 0 aromatic rings. The smallest absolute Gasteiger partial charge is 0.326 e. The Bertz CT molecular complexity index is 395. The number of hydrogen-bond donors (Lipinski definition) is 4. The van der Waals surface area contributed by atoms with Crippen molar-refractivity contribution in [1.29, 1.82) is 0 Å². The summed E-state index contributed by atoms with van der Waals surface area (Å²) in [7, 11) is 0. The largest absolute Gasteiger partial charge is 0.480 e.